The smallest absolute Gasteiger partial charge is 0.0723 e. The molecule has 0 fully saturated rings. The topological polar surface area (TPSA) is 36.2 Å². The summed E-state index contributed by atoms with van der Waals surface area (Å²) in [6.07, 6.45) is 22.6. The highest BCUT2D eigenvalue weighted by Crippen LogP contribution is 2.50. The predicted octanol–water partition coefficient (Wildman–Crippen LogP) is 12.0. The third-order valence-electron chi connectivity index (χ3n) is 9.88. The summed E-state index contributed by atoms with van der Waals surface area (Å²) in [7, 11) is 0. The molecule has 0 amide bonds. The number of nitrogens with one attached hydrogen (secondary N) is 1. The van der Waals surface area contributed by atoms with Gasteiger partial charge in [0.1, 0.15) is 0 Å². The number of aliphatic imine (C=N–C) groups is 1. The maximum absolute atomic E-state index is 8.75. The van der Waals surface area contributed by atoms with Gasteiger partial charge in [-0.05, 0) is 68.2 Å². The van der Waals surface area contributed by atoms with Crippen LogP contribution in [0.2, 0.25) is 0 Å². The van der Waals surface area contributed by atoms with Crippen molar-refractivity contribution >= 4 is 23.2 Å². The van der Waals surface area contributed by atoms with Gasteiger partial charge in [0.15, 0.2) is 0 Å². The first kappa shape index (κ1) is 31.9. The number of benzene rings is 5. The van der Waals surface area contributed by atoms with Crippen molar-refractivity contribution in [2.24, 2.45) is 10.9 Å². The molecular formula is C49H38N2. The number of nitrogens with zero attached hydrogens (tertiary/aromatic N) is 1. The van der Waals surface area contributed by atoms with Crippen molar-refractivity contribution in [3.63, 3.8) is 0 Å². The highest BCUT2D eigenvalue weighted by Gasteiger charge is 2.35. The van der Waals surface area contributed by atoms with Crippen LogP contribution in [0.25, 0.3) is 22.4 Å². The summed E-state index contributed by atoms with van der Waals surface area (Å²) in [4.78, 5) is 4.95. The average Bonchev–Trinajstić information content (AvgIpc) is 3.45. The van der Waals surface area contributed by atoms with Gasteiger partial charge < -0.3 is 5.41 Å². The van der Waals surface area contributed by atoms with Crippen molar-refractivity contribution < 1.29 is 0 Å². The lowest BCUT2D eigenvalue weighted by molar-refractivity contribution is 0.649. The molecule has 2 nitrogen and oxygen atoms in total. The third kappa shape index (κ3) is 6.77. The molecule has 5 aromatic rings. The van der Waals surface area contributed by atoms with E-state index in [2.05, 4.69) is 127 Å². The zero-order valence-electron chi connectivity index (χ0n) is 28.4. The Labute approximate surface area is 300 Å². The highest BCUT2D eigenvalue weighted by molar-refractivity contribution is 6.10. The minimum atomic E-state index is 0.222. The van der Waals surface area contributed by atoms with E-state index in [0.29, 0.717) is 5.71 Å². The molecule has 0 saturated carbocycles. The third-order valence-corrected chi connectivity index (χ3v) is 9.88. The Morgan fingerprint density at radius 2 is 1.29 bits per heavy atom. The number of fused-ring (bicyclic) bond motifs is 2. The standard InChI is InChI=1S/C49H38N2/c50-46(38-18-6-2-7-19-38)33-47(39-20-8-3-9-21-39)51-34-35-15-14-22-40(28-27-35)48-42-23-10-12-25-44(42)49(45-26-13-11-24-43(45)48)41-31-29-37(30-32-41)36-16-4-1-5-17-36/h1-13,15-34,44,49-50H,14H2/b47-33-,50-46?,51-34?. The number of rotatable bonds is 8. The van der Waals surface area contributed by atoms with Crippen LogP contribution in [0.1, 0.15) is 40.2 Å². The predicted molar refractivity (Wildman–Crippen MR) is 215 cm³/mol. The molecule has 5 aromatic carbocycles. The molecule has 0 aromatic heterocycles. The molecule has 244 valence electrons. The van der Waals surface area contributed by atoms with Crippen LogP contribution in [0.4, 0.5) is 0 Å². The van der Waals surface area contributed by atoms with Gasteiger partial charge in [0.05, 0.1) is 11.4 Å². The molecule has 0 spiro atoms. The summed E-state index contributed by atoms with van der Waals surface area (Å²) in [5, 5.41) is 8.75. The van der Waals surface area contributed by atoms with Crippen molar-refractivity contribution in [1.29, 1.82) is 5.41 Å². The van der Waals surface area contributed by atoms with Gasteiger partial charge in [0.2, 0.25) is 0 Å². The van der Waals surface area contributed by atoms with Crippen LogP contribution in [-0.2, 0) is 0 Å². The highest BCUT2D eigenvalue weighted by atomic mass is 14.7. The normalized spacial score (nSPS) is 18.2. The zero-order valence-corrected chi connectivity index (χ0v) is 28.4. The van der Waals surface area contributed by atoms with E-state index in [4.69, 9.17) is 10.4 Å². The van der Waals surface area contributed by atoms with E-state index in [9.17, 15) is 0 Å². The molecule has 2 atom stereocenters. The van der Waals surface area contributed by atoms with Crippen LogP contribution in [0.15, 0.2) is 216 Å². The SMILES string of the molecule is N=C(/C=C(\N=CC1=CCC=C(C2=C3C=CC=CC3C(c3ccc(-c4ccccc4)cc3)c3ccccc32)C=C1)c1ccccc1)c1ccccc1. The molecule has 2 heteroatoms. The fourth-order valence-corrected chi connectivity index (χ4v) is 7.38. The van der Waals surface area contributed by atoms with E-state index in [0.717, 1.165) is 28.8 Å². The second kappa shape index (κ2) is 14.6. The molecule has 2 unspecified atom stereocenters. The summed E-state index contributed by atoms with van der Waals surface area (Å²) in [5.41, 5.74) is 14.4. The van der Waals surface area contributed by atoms with Crippen LogP contribution < -0.4 is 0 Å². The lowest BCUT2D eigenvalue weighted by Gasteiger charge is -2.37. The van der Waals surface area contributed by atoms with Gasteiger partial charge in [0.25, 0.3) is 0 Å². The molecule has 1 N–H and O–H groups in total. The van der Waals surface area contributed by atoms with Gasteiger partial charge in [-0.25, -0.2) is 0 Å². The quantitative estimate of drug-likeness (QED) is 0.162. The average molecular weight is 655 g/mol. The minimum absolute atomic E-state index is 0.222. The van der Waals surface area contributed by atoms with Gasteiger partial charge >= 0.3 is 0 Å². The molecule has 0 radical (unpaired) electrons. The summed E-state index contributed by atoms with van der Waals surface area (Å²) in [5.74, 6) is 0.451. The largest absolute Gasteiger partial charge is 0.300 e. The maximum atomic E-state index is 8.75. The molecule has 8 rings (SSSR count). The van der Waals surface area contributed by atoms with Crippen LogP contribution in [0, 0.1) is 11.3 Å². The summed E-state index contributed by atoms with van der Waals surface area (Å²) < 4.78 is 0. The second-order valence-corrected chi connectivity index (χ2v) is 13.0. The van der Waals surface area contributed by atoms with Crippen LogP contribution in [0.3, 0.4) is 0 Å². The Morgan fingerprint density at radius 3 is 2.06 bits per heavy atom. The fraction of sp³-hybridized carbons (Fsp3) is 0.0612. The summed E-state index contributed by atoms with van der Waals surface area (Å²) >= 11 is 0. The molecular weight excluding hydrogens is 617 g/mol. The molecule has 51 heavy (non-hydrogen) atoms. The van der Waals surface area contributed by atoms with Crippen molar-refractivity contribution in [2.75, 3.05) is 0 Å². The van der Waals surface area contributed by atoms with Gasteiger partial charge in [-0.1, -0.05) is 188 Å². The summed E-state index contributed by atoms with van der Waals surface area (Å²) in [6.45, 7) is 0. The van der Waals surface area contributed by atoms with Crippen molar-refractivity contribution in [2.45, 2.75) is 12.3 Å². The lowest BCUT2D eigenvalue weighted by atomic mass is 9.66. The van der Waals surface area contributed by atoms with E-state index >= 15 is 0 Å². The van der Waals surface area contributed by atoms with Crippen molar-refractivity contribution in [3.8, 4) is 11.1 Å². The van der Waals surface area contributed by atoms with Crippen molar-refractivity contribution in [1.82, 2.24) is 0 Å². The van der Waals surface area contributed by atoms with Crippen LogP contribution in [0.5, 0.6) is 0 Å². The van der Waals surface area contributed by atoms with Gasteiger partial charge in [-0.15, -0.1) is 0 Å². The van der Waals surface area contributed by atoms with Gasteiger partial charge in [-0.3, -0.25) is 4.99 Å². The maximum Gasteiger partial charge on any atom is 0.0723 e. The Balaban J connectivity index is 1.11. The van der Waals surface area contributed by atoms with Crippen LogP contribution >= 0.6 is 0 Å². The molecule has 0 bridgehead atoms. The Bertz CT molecular complexity index is 2310. The molecule has 0 aliphatic heterocycles. The van der Waals surface area contributed by atoms with E-state index in [-0.39, 0.29) is 11.8 Å². The first-order valence-corrected chi connectivity index (χ1v) is 17.6. The molecule has 3 aliphatic rings. The lowest BCUT2D eigenvalue weighted by Crippen LogP contribution is -2.22. The zero-order chi connectivity index (χ0) is 34.4. The molecule has 0 saturated heterocycles. The Hall–Kier alpha value is -6.38. The molecule has 3 aliphatic carbocycles. The van der Waals surface area contributed by atoms with Gasteiger partial charge in [0, 0.05) is 23.6 Å². The monoisotopic (exact) mass is 654 g/mol. The van der Waals surface area contributed by atoms with E-state index in [1.807, 2.05) is 73.0 Å². The second-order valence-electron chi connectivity index (χ2n) is 13.0. The van der Waals surface area contributed by atoms with E-state index < -0.39 is 0 Å². The molecule has 0 heterocycles. The number of hydrogen-bond donors (Lipinski definition) is 1. The van der Waals surface area contributed by atoms with E-state index in [1.165, 1.54) is 44.5 Å². The number of allylic oxidation sites excluding steroid dienone is 13. The Kier molecular flexibility index (Phi) is 9.13. The van der Waals surface area contributed by atoms with E-state index in [1.54, 1.807) is 0 Å². The first-order valence-electron chi connectivity index (χ1n) is 17.6. The minimum Gasteiger partial charge on any atom is -0.300 e. The fourth-order valence-electron chi connectivity index (χ4n) is 7.38. The van der Waals surface area contributed by atoms with Crippen molar-refractivity contribution in [3.05, 3.63) is 239 Å². The number of hydrogen-bond acceptors (Lipinski definition) is 2. The summed E-state index contributed by atoms with van der Waals surface area (Å²) in [6, 6.07) is 48.6. The van der Waals surface area contributed by atoms with Crippen LogP contribution in [-0.4, -0.2) is 11.9 Å². The Morgan fingerprint density at radius 1 is 0.627 bits per heavy atom. The van der Waals surface area contributed by atoms with Gasteiger partial charge in [-0.2, -0.15) is 0 Å². The first-order chi connectivity index (χ1) is 25.2.